The van der Waals surface area contributed by atoms with Crippen molar-refractivity contribution >= 4 is 0 Å². The van der Waals surface area contributed by atoms with Crippen LogP contribution in [0.3, 0.4) is 0 Å². The highest BCUT2D eigenvalue weighted by atomic mass is 19.4. The minimum atomic E-state index is -4.91. The van der Waals surface area contributed by atoms with Crippen molar-refractivity contribution in [2.24, 2.45) is 0 Å². The van der Waals surface area contributed by atoms with Gasteiger partial charge in [-0.2, -0.15) is 13.2 Å². The summed E-state index contributed by atoms with van der Waals surface area (Å²) in [6, 6.07) is 2.64. The van der Waals surface area contributed by atoms with Crippen molar-refractivity contribution in [2.75, 3.05) is 0 Å². The van der Waals surface area contributed by atoms with Gasteiger partial charge in [0.25, 0.3) is 0 Å². The second-order valence-corrected chi connectivity index (χ2v) is 4.61. The van der Waals surface area contributed by atoms with E-state index in [0.29, 0.717) is 0 Å². The van der Waals surface area contributed by atoms with Crippen molar-refractivity contribution in [3.05, 3.63) is 41.7 Å². The molecule has 106 valence electrons. The van der Waals surface area contributed by atoms with Crippen LogP contribution in [0.4, 0.5) is 17.6 Å². The molecule has 0 aromatic heterocycles. The molecule has 0 radical (unpaired) electrons. The van der Waals surface area contributed by atoms with E-state index >= 15 is 0 Å². The highest BCUT2D eigenvalue weighted by molar-refractivity contribution is 5.34. The zero-order valence-electron chi connectivity index (χ0n) is 10.3. The van der Waals surface area contributed by atoms with Crippen LogP contribution in [-0.2, 0) is 6.42 Å². The molecule has 0 saturated heterocycles. The summed E-state index contributed by atoms with van der Waals surface area (Å²) in [5.74, 6) is -1.28. The normalized spacial score (nSPS) is 15.1. The summed E-state index contributed by atoms with van der Waals surface area (Å²) in [7, 11) is 0. The van der Waals surface area contributed by atoms with Crippen LogP contribution < -0.4 is 0 Å². The molecule has 0 bridgehead atoms. The third-order valence-electron chi connectivity index (χ3n) is 2.65. The third-order valence-corrected chi connectivity index (χ3v) is 2.65. The fraction of sp³-hybridized carbons (Fsp3) is 0.385. The molecule has 2 nitrogen and oxygen atoms in total. The molecular weight excluding hydrogens is 264 g/mol. The van der Waals surface area contributed by atoms with Gasteiger partial charge in [0.15, 0.2) is 5.60 Å². The molecule has 1 atom stereocenters. The molecule has 0 fully saturated rings. The van der Waals surface area contributed by atoms with Crippen LogP contribution in [0.5, 0.6) is 5.75 Å². The van der Waals surface area contributed by atoms with E-state index in [-0.39, 0.29) is 11.1 Å². The number of rotatable bonds is 4. The van der Waals surface area contributed by atoms with Gasteiger partial charge in [-0.15, -0.1) is 6.58 Å². The lowest BCUT2D eigenvalue weighted by molar-refractivity contribution is -0.259. The van der Waals surface area contributed by atoms with E-state index in [2.05, 4.69) is 6.58 Å². The zero-order chi connectivity index (χ0) is 14.8. The van der Waals surface area contributed by atoms with Crippen LogP contribution in [0, 0.1) is 5.82 Å². The molecular formula is C13H14F4O2. The van der Waals surface area contributed by atoms with Crippen molar-refractivity contribution in [3.63, 3.8) is 0 Å². The van der Waals surface area contributed by atoms with Gasteiger partial charge in [-0.3, -0.25) is 0 Å². The average Bonchev–Trinajstić information content (AvgIpc) is 2.20. The van der Waals surface area contributed by atoms with Crippen LogP contribution in [0.2, 0.25) is 0 Å². The first-order valence-electron chi connectivity index (χ1n) is 5.46. The molecule has 1 aromatic carbocycles. The van der Waals surface area contributed by atoms with Crippen molar-refractivity contribution in [1.29, 1.82) is 0 Å². The summed E-state index contributed by atoms with van der Waals surface area (Å²) in [5, 5.41) is 19.2. The zero-order valence-corrected chi connectivity index (χ0v) is 10.3. The number of benzene rings is 1. The second kappa shape index (κ2) is 5.21. The molecule has 0 saturated carbocycles. The van der Waals surface area contributed by atoms with Crippen LogP contribution in [0.1, 0.15) is 18.9 Å². The number of alkyl halides is 3. The predicted octanol–water partition coefficient (Wildman–Crippen LogP) is 3.33. The molecule has 0 aliphatic carbocycles. The topological polar surface area (TPSA) is 40.5 Å². The summed E-state index contributed by atoms with van der Waals surface area (Å²) in [6.45, 7) is 4.69. The minimum Gasteiger partial charge on any atom is -0.508 e. The molecule has 0 aliphatic heterocycles. The van der Waals surface area contributed by atoms with Crippen LogP contribution >= 0.6 is 0 Å². The Hall–Kier alpha value is -1.56. The molecule has 0 aliphatic rings. The van der Waals surface area contributed by atoms with E-state index in [9.17, 15) is 27.8 Å². The Kier molecular flexibility index (Phi) is 4.25. The fourth-order valence-corrected chi connectivity index (χ4v) is 1.77. The molecule has 2 N–H and O–H groups in total. The van der Waals surface area contributed by atoms with Crippen molar-refractivity contribution in [2.45, 2.75) is 31.5 Å². The lowest BCUT2D eigenvalue weighted by atomic mass is 9.87. The second-order valence-electron chi connectivity index (χ2n) is 4.61. The summed E-state index contributed by atoms with van der Waals surface area (Å²) in [4.78, 5) is 0. The van der Waals surface area contributed by atoms with Gasteiger partial charge in [0.2, 0.25) is 0 Å². The number of phenols is 1. The molecule has 6 heteroatoms. The van der Waals surface area contributed by atoms with E-state index in [4.69, 9.17) is 0 Å². The molecule has 1 aromatic rings. The number of halogens is 4. The van der Waals surface area contributed by atoms with E-state index in [1.165, 1.54) is 6.92 Å². The predicted molar refractivity (Wildman–Crippen MR) is 62.2 cm³/mol. The van der Waals surface area contributed by atoms with Crippen molar-refractivity contribution in [1.82, 2.24) is 0 Å². The van der Waals surface area contributed by atoms with Gasteiger partial charge in [0.05, 0.1) is 0 Å². The molecule has 0 spiro atoms. The number of phenolic OH excluding ortho intramolecular Hbond substituents is 1. The van der Waals surface area contributed by atoms with Crippen molar-refractivity contribution in [3.8, 4) is 5.75 Å². The molecule has 1 unspecified atom stereocenters. The Morgan fingerprint density at radius 3 is 2.37 bits per heavy atom. The number of hydrogen-bond acceptors (Lipinski definition) is 2. The Labute approximate surface area is 108 Å². The Morgan fingerprint density at radius 1 is 1.32 bits per heavy atom. The lowest BCUT2D eigenvalue weighted by Gasteiger charge is -2.31. The maximum Gasteiger partial charge on any atom is 0.417 e. The maximum atomic E-state index is 13.0. The van der Waals surface area contributed by atoms with Gasteiger partial charge in [-0.25, -0.2) is 4.39 Å². The Morgan fingerprint density at radius 2 is 1.89 bits per heavy atom. The van der Waals surface area contributed by atoms with Gasteiger partial charge in [0.1, 0.15) is 11.6 Å². The van der Waals surface area contributed by atoms with E-state index in [0.717, 1.165) is 18.2 Å². The first-order valence-corrected chi connectivity index (χ1v) is 5.46. The standard InChI is InChI=1S/C13H14F4O2/c1-8(2)6-12(19,13(15,16)17)7-9-5-10(14)3-4-11(9)18/h3-5,18-19H,1,6-7H2,2H3. The largest absolute Gasteiger partial charge is 0.508 e. The van der Waals surface area contributed by atoms with Gasteiger partial charge in [0, 0.05) is 12.8 Å². The number of hydrogen-bond donors (Lipinski definition) is 2. The molecule has 0 heterocycles. The van der Waals surface area contributed by atoms with Crippen molar-refractivity contribution < 1.29 is 27.8 Å². The maximum absolute atomic E-state index is 13.0. The highest BCUT2D eigenvalue weighted by Crippen LogP contribution is 2.39. The summed E-state index contributed by atoms with van der Waals surface area (Å²) in [5.41, 5.74) is -3.25. The van der Waals surface area contributed by atoms with Gasteiger partial charge >= 0.3 is 6.18 Å². The van der Waals surface area contributed by atoms with Crippen LogP contribution in [0.25, 0.3) is 0 Å². The molecule has 1 rings (SSSR count). The fourth-order valence-electron chi connectivity index (χ4n) is 1.77. The average molecular weight is 278 g/mol. The Bertz CT molecular complexity index is 482. The smallest absolute Gasteiger partial charge is 0.417 e. The van der Waals surface area contributed by atoms with Gasteiger partial charge in [-0.05, 0) is 30.7 Å². The first kappa shape index (κ1) is 15.5. The molecule has 0 amide bonds. The lowest BCUT2D eigenvalue weighted by Crippen LogP contribution is -2.47. The van der Waals surface area contributed by atoms with E-state index in [1.807, 2.05) is 0 Å². The quantitative estimate of drug-likeness (QED) is 0.655. The number of aliphatic hydroxyl groups is 1. The van der Waals surface area contributed by atoms with Crippen LogP contribution in [0.15, 0.2) is 30.4 Å². The Balaban J connectivity index is 3.14. The third kappa shape index (κ3) is 3.70. The van der Waals surface area contributed by atoms with Gasteiger partial charge < -0.3 is 10.2 Å². The summed E-state index contributed by atoms with van der Waals surface area (Å²) < 4.78 is 51.7. The molecule has 19 heavy (non-hydrogen) atoms. The van der Waals surface area contributed by atoms with E-state index < -0.39 is 36.2 Å². The highest BCUT2D eigenvalue weighted by Gasteiger charge is 2.53. The summed E-state index contributed by atoms with van der Waals surface area (Å²) >= 11 is 0. The summed E-state index contributed by atoms with van der Waals surface area (Å²) in [6.07, 6.45) is -6.57. The van der Waals surface area contributed by atoms with Crippen LogP contribution in [-0.4, -0.2) is 22.0 Å². The first-order chi connectivity index (χ1) is 8.55. The monoisotopic (exact) mass is 278 g/mol. The van der Waals surface area contributed by atoms with Gasteiger partial charge in [-0.1, -0.05) is 5.57 Å². The number of aromatic hydroxyl groups is 1. The minimum absolute atomic E-state index is 0.135. The SMILES string of the molecule is C=C(C)CC(O)(Cc1cc(F)ccc1O)C(F)(F)F. The van der Waals surface area contributed by atoms with E-state index in [1.54, 1.807) is 0 Å².